The van der Waals surface area contributed by atoms with Crippen LogP contribution in [0.4, 0.5) is 0 Å². The van der Waals surface area contributed by atoms with Crippen molar-refractivity contribution in [2.24, 2.45) is 0 Å². The third-order valence-corrected chi connectivity index (χ3v) is 3.88. The summed E-state index contributed by atoms with van der Waals surface area (Å²) in [6.07, 6.45) is 4.04. The molecule has 2 aromatic carbocycles. The third kappa shape index (κ3) is 3.78. The summed E-state index contributed by atoms with van der Waals surface area (Å²) in [6, 6.07) is 20.0. The normalized spacial score (nSPS) is 11.3. The van der Waals surface area contributed by atoms with Crippen LogP contribution in [0.2, 0.25) is 0 Å². The van der Waals surface area contributed by atoms with Crippen molar-refractivity contribution >= 4 is 23.1 Å². The lowest BCUT2D eigenvalue weighted by molar-refractivity contribution is 0.285. The molecule has 2 heterocycles. The molecular weight excluding hydrogens is 326 g/mol. The Bertz CT molecular complexity index is 1050. The molecule has 0 saturated carbocycles. The number of aromatic nitrogens is 3. The zero-order valence-corrected chi connectivity index (χ0v) is 14.3. The van der Waals surface area contributed by atoms with E-state index in [0.717, 1.165) is 27.9 Å². The number of benzene rings is 2. The number of rotatable bonds is 5. The van der Waals surface area contributed by atoms with E-state index in [1.54, 1.807) is 6.92 Å². The average molecular weight is 343 g/mol. The molecule has 0 spiro atoms. The van der Waals surface area contributed by atoms with Gasteiger partial charge in [0, 0.05) is 12.3 Å². The molecule has 0 aliphatic carbocycles. The van der Waals surface area contributed by atoms with E-state index in [0.29, 0.717) is 11.7 Å². The molecule has 4 rings (SSSR count). The molecule has 0 bridgehead atoms. The van der Waals surface area contributed by atoms with Gasteiger partial charge in [-0.3, -0.25) is 0 Å². The van der Waals surface area contributed by atoms with Crippen molar-refractivity contribution < 1.29 is 9.26 Å². The first kappa shape index (κ1) is 16.0. The van der Waals surface area contributed by atoms with Crippen LogP contribution < -0.4 is 4.74 Å². The molecule has 128 valence electrons. The molecule has 4 aromatic rings. The van der Waals surface area contributed by atoms with Crippen LogP contribution in [0.15, 0.2) is 65.2 Å². The summed E-state index contributed by atoms with van der Waals surface area (Å²) in [4.78, 5) is 8.75. The lowest BCUT2D eigenvalue weighted by Crippen LogP contribution is -1.97. The number of aryl methyl sites for hydroxylation is 1. The quantitative estimate of drug-likeness (QED) is 0.527. The Morgan fingerprint density at radius 2 is 1.77 bits per heavy atom. The second-order valence-corrected chi connectivity index (χ2v) is 5.85. The molecule has 0 N–H and O–H groups in total. The van der Waals surface area contributed by atoms with E-state index < -0.39 is 0 Å². The number of para-hydroxylation sites is 1. The minimum atomic E-state index is 0.285. The number of fused-ring (bicyclic) bond motifs is 1. The highest BCUT2D eigenvalue weighted by atomic mass is 16.5. The van der Waals surface area contributed by atoms with E-state index in [4.69, 9.17) is 9.26 Å². The summed E-state index contributed by atoms with van der Waals surface area (Å²) >= 11 is 0. The summed E-state index contributed by atoms with van der Waals surface area (Å²) in [5.41, 5.74) is 2.99. The molecule has 0 amide bonds. The number of ether oxygens (including phenoxy) is 1. The number of hydrogen-bond acceptors (Lipinski definition) is 5. The van der Waals surface area contributed by atoms with Gasteiger partial charge in [0.2, 0.25) is 11.7 Å². The Morgan fingerprint density at radius 3 is 2.58 bits per heavy atom. The molecule has 5 heteroatoms. The summed E-state index contributed by atoms with van der Waals surface area (Å²) < 4.78 is 10.6. The van der Waals surface area contributed by atoms with Crippen molar-refractivity contribution in [2.45, 2.75) is 13.5 Å². The second kappa shape index (κ2) is 7.19. The zero-order chi connectivity index (χ0) is 17.8. The predicted octanol–water partition coefficient (Wildman–Crippen LogP) is 4.68. The van der Waals surface area contributed by atoms with Crippen molar-refractivity contribution in [1.29, 1.82) is 0 Å². The molecule has 0 aliphatic rings. The predicted molar refractivity (Wildman–Crippen MR) is 100 cm³/mol. The largest absolute Gasteiger partial charge is 0.485 e. The molecule has 0 fully saturated rings. The van der Waals surface area contributed by atoms with Crippen LogP contribution in [0.25, 0.3) is 23.1 Å². The van der Waals surface area contributed by atoms with Gasteiger partial charge >= 0.3 is 0 Å². The Morgan fingerprint density at radius 1 is 0.923 bits per heavy atom. The summed E-state index contributed by atoms with van der Waals surface area (Å²) in [7, 11) is 0. The molecule has 0 radical (unpaired) electrons. The van der Waals surface area contributed by atoms with Crippen molar-refractivity contribution in [2.75, 3.05) is 0 Å². The Labute approximate surface area is 151 Å². The van der Waals surface area contributed by atoms with Gasteiger partial charge in [-0.15, -0.1) is 0 Å². The van der Waals surface area contributed by atoms with Gasteiger partial charge in [-0.25, -0.2) is 4.98 Å². The Hall–Kier alpha value is -3.47. The standard InChI is InChI=1S/C21H17N3O2/c1-15-22-21(24-26-15)14-25-19-12-7-16(8-13-19)6-10-18-11-9-17-4-2-3-5-20(17)23-18/h2-13H,14H2,1H3. The molecule has 0 atom stereocenters. The fourth-order valence-corrected chi connectivity index (χ4v) is 2.58. The Balaban J connectivity index is 1.41. The first-order chi connectivity index (χ1) is 12.8. The van der Waals surface area contributed by atoms with Crippen molar-refractivity contribution in [3.8, 4) is 5.75 Å². The van der Waals surface area contributed by atoms with Crippen LogP contribution in [-0.2, 0) is 6.61 Å². The average Bonchev–Trinajstić information content (AvgIpc) is 3.10. The van der Waals surface area contributed by atoms with Gasteiger partial charge in [0.05, 0.1) is 11.2 Å². The van der Waals surface area contributed by atoms with Gasteiger partial charge < -0.3 is 9.26 Å². The van der Waals surface area contributed by atoms with Gasteiger partial charge in [0.15, 0.2) is 6.61 Å². The number of pyridine rings is 1. The lowest BCUT2D eigenvalue weighted by atomic mass is 10.1. The van der Waals surface area contributed by atoms with E-state index in [2.05, 4.69) is 27.3 Å². The first-order valence-electron chi connectivity index (χ1n) is 8.32. The Kier molecular flexibility index (Phi) is 4.43. The minimum Gasteiger partial charge on any atom is -0.485 e. The van der Waals surface area contributed by atoms with Crippen LogP contribution >= 0.6 is 0 Å². The lowest BCUT2D eigenvalue weighted by Gasteiger charge is -2.03. The maximum atomic E-state index is 5.65. The molecule has 26 heavy (non-hydrogen) atoms. The SMILES string of the molecule is Cc1nc(COc2ccc(C=Cc3ccc4ccccc4n3)cc2)no1. The number of hydrogen-bond donors (Lipinski definition) is 0. The van der Waals surface area contributed by atoms with Crippen LogP contribution in [0.1, 0.15) is 23.0 Å². The maximum Gasteiger partial charge on any atom is 0.223 e. The van der Waals surface area contributed by atoms with E-state index in [-0.39, 0.29) is 6.61 Å². The van der Waals surface area contributed by atoms with Gasteiger partial charge in [-0.1, -0.05) is 47.6 Å². The van der Waals surface area contributed by atoms with Crippen LogP contribution in [0.3, 0.4) is 0 Å². The molecule has 0 aliphatic heterocycles. The third-order valence-electron chi connectivity index (χ3n) is 3.88. The molecule has 2 aromatic heterocycles. The van der Waals surface area contributed by atoms with Gasteiger partial charge in [0.25, 0.3) is 0 Å². The molecule has 5 nitrogen and oxygen atoms in total. The minimum absolute atomic E-state index is 0.285. The van der Waals surface area contributed by atoms with Crippen LogP contribution in [0, 0.1) is 6.92 Å². The fraction of sp³-hybridized carbons (Fsp3) is 0.0952. The molecule has 0 saturated heterocycles. The maximum absolute atomic E-state index is 5.65. The number of nitrogens with zero attached hydrogens (tertiary/aromatic N) is 3. The summed E-state index contributed by atoms with van der Waals surface area (Å²) in [6.45, 7) is 2.04. The van der Waals surface area contributed by atoms with Gasteiger partial charge in [-0.2, -0.15) is 4.98 Å². The molecular formula is C21H17N3O2. The van der Waals surface area contributed by atoms with Gasteiger partial charge in [0.1, 0.15) is 5.75 Å². The highest BCUT2D eigenvalue weighted by Gasteiger charge is 2.03. The second-order valence-electron chi connectivity index (χ2n) is 5.85. The van der Waals surface area contributed by atoms with E-state index >= 15 is 0 Å². The highest BCUT2D eigenvalue weighted by Crippen LogP contribution is 2.17. The smallest absolute Gasteiger partial charge is 0.223 e. The highest BCUT2D eigenvalue weighted by molar-refractivity contribution is 5.80. The van der Waals surface area contributed by atoms with Crippen molar-refractivity contribution in [1.82, 2.24) is 15.1 Å². The zero-order valence-electron chi connectivity index (χ0n) is 14.3. The van der Waals surface area contributed by atoms with Crippen molar-refractivity contribution in [3.63, 3.8) is 0 Å². The van der Waals surface area contributed by atoms with Crippen LogP contribution in [0.5, 0.6) is 5.75 Å². The monoisotopic (exact) mass is 343 g/mol. The first-order valence-corrected chi connectivity index (χ1v) is 8.32. The summed E-state index contributed by atoms with van der Waals surface area (Å²) in [5.74, 6) is 1.83. The van der Waals surface area contributed by atoms with Crippen molar-refractivity contribution in [3.05, 3.63) is 83.6 Å². The van der Waals surface area contributed by atoms with E-state index in [1.165, 1.54) is 0 Å². The topological polar surface area (TPSA) is 61.0 Å². The fourth-order valence-electron chi connectivity index (χ4n) is 2.58. The summed E-state index contributed by atoms with van der Waals surface area (Å²) in [5, 5.41) is 4.95. The van der Waals surface area contributed by atoms with E-state index in [1.807, 2.05) is 60.7 Å². The van der Waals surface area contributed by atoms with E-state index in [9.17, 15) is 0 Å². The van der Waals surface area contributed by atoms with Gasteiger partial charge in [-0.05, 0) is 35.9 Å². The molecule has 0 unspecified atom stereocenters. The van der Waals surface area contributed by atoms with Crippen LogP contribution in [-0.4, -0.2) is 15.1 Å².